The first-order chi connectivity index (χ1) is 14.7. The number of pyridine rings is 1. The van der Waals surface area contributed by atoms with E-state index in [9.17, 15) is 4.79 Å². The van der Waals surface area contributed by atoms with Crippen LogP contribution in [0.15, 0.2) is 36.5 Å². The van der Waals surface area contributed by atoms with E-state index in [-0.39, 0.29) is 11.8 Å². The fraction of sp³-hybridized carbons (Fsp3) is 0.409. The summed E-state index contributed by atoms with van der Waals surface area (Å²) >= 11 is 1.58. The lowest BCUT2D eigenvalue weighted by atomic mass is 9.97. The number of carbonyl (C=O) groups excluding carboxylic acids is 1. The molecule has 0 radical (unpaired) electrons. The smallest absolute Gasteiger partial charge is 0.225 e. The van der Waals surface area contributed by atoms with Crippen molar-refractivity contribution in [2.75, 3.05) is 31.7 Å². The molecule has 8 heteroatoms. The molecule has 4 rings (SSSR count). The Labute approximate surface area is 180 Å². The number of nitrogens with zero attached hydrogens (tertiary/aromatic N) is 3. The molecule has 1 N–H and O–H groups in total. The monoisotopic (exact) mass is 426 g/mol. The second kappa shape index (κ2) is 9.30. The molecule has 3 heterocycles. The highest BCUT2D eigenvalue weighted by molar-refractivity contribution is 7.21. The van der Waals surface area contributed by atoms with E-state index in [1.54, 1.807) is 24.6 Å². The average molecular weight is 427 g/mol. The van der Waals surface area contributed by atoms with Crippen LogP contribution in [0, 0.1) is 5.92 Å². The minimum absolute atomic E-state index is 0.0525. The lowest BCUT2D eigenvalue weighted by molar-refractivity contribution is -0.125. The lowest BCUT2D eigenvalue weighted by Crippen LogP contribution is -2.42. The van der Waals surface area contributed by atoms with Gasteiger partial charge in [-0.05, 0) is 49.6 Å². The molecule has 1 fully saturated rings. The molecule has 0 aliphatic carbocycles. The molecule has 1 aliphatic heterocycles. The standard InChI is InChI=1S/C22H26N4O3S/c1-3-29-19-12-15(8-9-18(19)28-2)13-24-20(27)16-6-5-11-26(14-16)22-25-17-7-4-10-23-21(17)30-22/h4,7-10,12,16H,3,5-6,11,13-14H2,1-2H3,(H,24,27)/t16-/m1/s1. The Balaban J connectivity index is 1.38. The van der Waals surface area contributed by atoms with Crippen molar-refractivity contribution in [3.8, 4) is 11.5 Å². The summed E-state index contributed by atoms with van der Waals surface area (Å²) in [7, 11) is 1.62. The number of ether oxygens (including phenoxy) is 2. The van der Waals surface area contributed by atoms with Crippen LogP contribution in [-0.4, -0.2) is 42.7 Å². The molecule has 158 valence electrons. The summed E-state index contributed by atoms with van der Waals surface area (Å²) in [6.07, 6.45) is 3.64. The number of hydrogen-bond donors (Lipinski definition) is 1. The van der Waals surface area contributed by atoms with E-state index in [0.717, 1.165) is 40.4 Å². The van der Waals surface area contributed by atoms with E-state index >= 15 is 0 Å². The Morgan fingerprint density at radius 3 is 3.03 bits per heavy atom. The van der Waals surface area contributed by atoms with Crippen LogP contribution in [0.1, 0.15) is 25.3 Å². The van der Waals surface area contributed by atoms with Gasteiger partial charge in [0.25, 0.3) is 0 Å². The molecule has 1 atom stereocenters. The maximum Gasteiger partial charge on any atom is 0.225 e. The van der Waals surface area contributed by atoms with E-state index in [2.05, 4.69) is 15.2 Å². The number of benzene rings is 1. The number of thiazole rings is 1. The first-order valence-corrected chi connectivity index (χ1v) is 11.0. The van der Waals surface area contributed by atoms with Gasteiger partial charge in [0, 0.05) is 25.8 Å². The topological polar surface area (TPSA) is 76.6 Å². The molecule has 0 spiro atoms. The van der Waals surface area contributed by atoms with E-state index in [4.69, 9.17) is 14.5 Å². The Morgan fingerprint density at radius 1 is 1.33 bits per heavy atom. The first-order valence-electron chi connectivity index (χ1n) is 10.2. The highest BCUT2D eigenvalue weighted by Crippen LogP contribution is 2.31. The van der Waals surface area contributed by atoms with Gasteiger partial charge in [0.15, 0.2) is 16.6 Å². The maximum atomic E-state index is 12.8. The van der Waals surface area contributed by atoms with Crippen LogP contribution in [0.3, 0.4) is 0 Å². The number of carbonyl (C=O) groups is 1. The Hall–Kier alpha value is -2.87. The second-order valence-corrected chi connectivity index (χ2v) is 8.20. The van der Waals surface area contributed by atoms with Crippen LogP contribution in [0.2, 0.25) is 0 Å². The number of hydrogen-bond acceptors (Lipinski definition) is 7. The van der Waals surface area contributed by atoms with Crippen LogP contribution in [0.5, 0.6) is 11.5 Å². The minimum atomic E-state index is -0.0525. The zero-order chi connectivity index (χ0) is 20.9. The number of rotatable bonds is 7. The summed E-state index contributed by atoms with van der Waals surface area (Å²) in [4.78, 5) is 25.0. The van der Waals surface area contributed by atoms with Gasteiger partial charge < -0.3 is 19.7 Å². The third kappa shape index (κ3) is 4.48. The third-order valence-electron chi connectivity index (χ3n) is 5.21. The zero-order valence-electron chi connectivity index (χ0n) is 17.3. The van der Waals surface area contributed by atoms with Gasteiger partial charge in [0.1, 0.15) is 10.3 Å². The van der Waals surface area contributed by atoms with Crippen molar-refractivity contribution < 1.29 is 14.3 Å². The number of anilines is 1. The Kier molecular flexibility index (Phi) is 6.32. The van der Waals surface area contributed by atoms with Crippen LogP contribution < -0.4 is 19.7 Å². The van der Waals surface area contributed by atoms with E-state index in [1.165, 1.54) is 0 Å². The highest BCUT2D eigenvalue weighted by atomic mass is 32.1. The van der Waals surface area contributed by atoms with Crippen molar-refractivity contribution in [2.24, 2.45) is 5.92 Å². The molecule has 1 aromatic carbocycles. The molecule has 30 heavy (non-hydrogen) atoms. The molecule has 3 aromatic rings. The molecule has 7 nitrogen and oxygen atoms in total. The van der Waals surface area contributed by atoms with E-state index in [1.807, 2.05) is 37.3 Å². The summed E-state index contributed by atoms with van der Waals surface area (Å²) in [5.74, 6) is 1.41. The molecule has 0 saturated carbocycles. The summed E-state index contributed by atoms with van der Waals surface area (Å²) < 4.78 is 10.9. The van der Waals surface area contributed by atoms with E-state index < -0.39 is 0 Å². The first kappa shape index (κ1) is 20.4. The highest BCUT2D eigenvalue weighted by Gasteiger charge is 2.27. The Bertz CT molecular complexity index is 990. The Morgan fingerprint density at radius 2 is 2.23 bits per heavy atom. The van der Waals surface area contributed by atoms with Crippen LogP contribution >= 0.6 is 11.3 Å². The number of methoxy groups -OCH3 is 1. The number of piperidine rings is 1. The fourth-order valence-electron chi connectivity index (χ4n) is 3.69. The second-order valence-electron chi connectivity index (χ2n) is 7.25. The average Bonchev–Trinajstić information content (AvgIpc) is 3.22. The van der Waals surface area contributed by atoms with Gasteiger partial charge in [0.2, 0.25) is 5.91 Å². The van der Waals surface area contributed by atoms with E-state index in [0.29, 0.717) is 31.2 Å². The quantitative estimate of drug-likeness (QED) is 0.622. The minimum Gasteiger partial charge on any atom is -0.493 e. The summed E-state index contributed by atoms with van der Waals surface area (Å²) in [6, 6.07) is 9.61. The SMILES string of the molecule is CCOc1cc(CNC(=O)[C@@H]2CCCN(c3nc4cccnc4s3)C2)ccc1OC. The van der Waals surface area contributed by atoms with Gasteiger partial charge in [-0.2, -0.15) is 0 Å². The third-order valence-corrected chi connectivity index (χ3v) is 6.25. The van der Waals surface area contributed by atoms with Gasteiger partial charge in [-0.15, -0.1) is 0 Å². The summed E-state index contributed by atoms with van der Waals surface area (Å²) in [5, 5.41) is 4.03. The van der Waals surface area contributed by atoms with Crippen LogP contribution in [0.25, 0.3) is 10.3 Å². The van der Waals surface area contributed by atoms with Crippen molar-refractivity contribution in [1.29, 1.82) is 0 Å². The van der Waals surface area contributed by atoms with Crippen molar-refractivity contribution >= 4 is 32.7 Å². The van der Waals surface area contributed by atoms with Crippen LogP contribution in [-0.2, 0) is 11.3 Å². The van der Waals surface area contributed by atoms with Gasteiger partial charge >= 0.3 is 0 Å². The van der Waals surface area contributed by atoms with Crippen molar-refractivity contribution in [1.82, 2.24) is 15.3 Å². The zero-order valence-corrected chi connectivity index (χ0v) is 18.1. The normalized spacial score (nSPS) is 16.5. The molecular formula is C22H26N4O3S. The number of amides is 1. The fourth-order valence-corrected chi connectivity index (χ4v) is 4.64. The molecular weight excluding hydrogens is 400 g/mol. The van der Waals surface area contributed by atoms with Crippen molar-refractivity contribution in [3.05, 3.63) is 42.1 Å². The summed E-state index contributed by atoms with van der Waals surface area (Å²) in [6.45, 7) is 4.55. The predicted molar refractivity (Wildman–Crippen MR) is 118 cm³/mol. The van der Waals surface area contributed by atoms with Crippen molar-refractivity contribution in [3.63, 3.8) is 0 Å². The molecule has 1 aliphatic rings. The number of aromatic nitrogens is 2. The lowest BCUT2D eigenvalue weighted by Gasteiger charge is -2.31. The van der Waals surface area contributed by atoms with Gasteiger partial charge in [0.05, 0.1) is 19.6 Å². The predicted octanol–water partition coefficient (Wildman–Crippen LogP) is 3.63. The van der Waals surface area contributed by atoms with Gasteiger partial charge in [-0.1, -0.05) is 17.4 Å². The molecule has 1 saturated heterocycles. The molecule has 0 unspecified atom stereocenters. The van der Waals surface area contributed by atoms with Gasteiger partial charge in [-0.3, -0.25) is 4.79 Å². The van der Waals surface area contributed by atoms with Crippen LogP contribution in [0.4, 0.5) is 5.13 Å². The number of fused-ring (bicyclic) bond motifs is 1. The maximum absolute atomic E-state index is 12.8. The number of nitrogens with one attached hydrogen (secondary N) is 1. The molecule has 2 aromatic heterocycles. The molecule has 1 amide bonds. The summed E-state index contributed by atoms with van der Waals surface area (Å²) in [5.41, 5.74) is 1.89. The largest absolute Gasteiger partial charge is 0.493 e. The molecule has 0 bridgehead atoms. The van der Waals surface area contributed by atoms with Crippen molar-refractivity contribution in [2.45, 2.75) is 26.3 Å². The van der Waals surface area contributed by atoms with Gasteiger partial charge in [-0.25, -0.2) is 9.97 Å².